The van der Waals surface area contributed by atoms with Gasteiger partial charge in [-0.3, -0.25) is 9.59 Å². The molecule has 0 saturated carbocycles. The van der Waals surface area contributed by atoms with E-state index in [2.05, 4.69) is 10.6 Å². The zero-order chi connectivity index (χ0) is 13.1. The van der Waals surface area contributed by atoms with E-state index in [1.807, 2.05) is 31.2 Å². The van der Waals surface area contributed by atoms with Gasteiger partial charge in [0.15, 0.2) is 0 Å². The fourth-order valence-corrected chi connectivity index (χ4v) is 2.04. The Kier molecular flexibility index (Phi) is 3.65. The highest BCUT2D eigenvalue weighted by Crippen LogP contribution is 2.12. The average Bonchev–Trinajstić information content (AvgIpc) is 2.46. The zero-order valence-corrected chi connectivity index (χ0v) is 10.7. The van der Waals surface area contributed by atoms with Crippen LogP contribution in [0.5, 0.6) is 0 Å². The third kappa shape index (κ3) is 2.88. The van der Waals surface area contributed by atoms with Gasteiger partial charge in [0, 0.05) is 6.54 Å². The summed E-state index contributed by atoms with van der Waals surface area (Å²) in [6.07, 6.45) is 0.652. The number of benzene rings is 1. The van der Waals surface area contributed by atoms with Gasteiger partial charge >= 0.3 is 0 Å². The van der Waals surface area contributed by atoms with E-state index in [-0.39, 0.29) is 17.7 Å². The molecule has 2 atom stereocenters. The molecule has 2 rings (SSSR count). The first-order valence-electron chi connectivity index (χ1n) is 6.20. The van der Waals surface area contributed by atoms with E-state index >= 15 is 0 Å². The van der Waals surface area contributed by atoms with E-state index in [0.717, 1.165) is 5.56 Å². The van der Waals surface area contributed by atoms with E-state index in [4.69, 9.17) is 0 Å². The molecule has 0 spiro atoms. The number of hydrogen-bond donors (Lipinski definition) is 2. The van der Waals surface area contributed by atoms with Crippen LogP contribution in [0.2, 0.25) is 0 Å². The molecule has 1 unspecified atom stereocenters. The number of hydrogen-bond acceptors (Lipinski definition) is 2. The second kappa shape index (κ2) is 5.21. The largest absolute Gasteiger partial charge is 0.354 e. The highest BCUT2D eigenvalue weighted by Gasteiger charge is 2.27. The van der Waals surface area contributed by atoms with Gasteiger partial charge in [-0.25, -0.2) is 0 Å². The molecule has 1 aromatic rings. The Balaban J connectivity index is 2.06. The molecule has 1 saturated heterocycles. The van der Waals surface area contributed by atoms with Crippen LogP contribution in [0.4, 0.5) is 0 Å². The van der Waals surface area contributed by atoms with Gasteiger partial charge < -0.3 is 10.6 Å². The van der Waals surface area contributed by atoms with Gasteiger partial charge in [-0.1, -0.05) is 29.8 Å². The molecule has 1 aliphatic heterocycles. The minimum Gasteiger partial charge on any atom is -0.354 e. The summed E-state index contributed by atoms with van der Waals surface area (Å²) in [7, 11) is 0. The molecule has 1 fully saturated rings. The Morgan fingerprint density at radius 1 is 1.17 bits per heavy atom. The number of amides is 2. The molecule has 1 heterocycles. The van der Waals surface area contributed by atoms with Crippen molar-refractivity contribution < 1.29 is 9.59 Å². The molecule has 0 radical (unpaired) electrons. The summed E-state index contributed by atoms with van der Waals surface area (Å²) < 4.78 is 0. The van der Waals surface area contributed by atoms with E-state index in [9.17, 15) is 9.59 Å². The Morgan fingerprint density at radius 3 is 2.50 bits per heavy atom. The molecule has 4 nitrogen and oxygen atoms in total. The molecule has 0 aliphatic carbocycles. The summed E-state index contributed by atoms with van der Waals surface area (Å²) in [5, 5.41) is 5.51. The highest BCUT2D eigenvalue weighted by atomic mass is 16.2. The van der Waals surface area contributed by atoms with E-state index in [1.54, 1.807) is 6.92 Å². The average molecular weight is 246 g/mol. The maximum atomic E-state index is 11.9. The fourth-order valence-electron chi connectivity index (χ4n) is 2.04. The summed E-state index contributed by atoms with van der Waals surface area (Å²) >= 11 is 0. The number of rotatable bonds is 2. The monoisotopic (exact) mass is 246 g/mol. The number of carbonyl (C=O) groups is 2. The van der Waals surface area contributed by atoms with Crippen molar-refractivity contribution in [1.82, 2.24) is 10.6 Å². The first-order valence-corrected chi connectivity index (χ1v) is 6.20. The quantitative estimate of drug-likeness (QED) is 0.810. The Morgan fingerprint density at radius 2 is 1.83 bits per heavy atom. The predicted octanol–water partition coefficient (Wildman–Crippen LogP) is 0.788. The smallest absolute Gasteiger partial charge is 0.242 e. The summed E-state index contributed by atoms with van der Waals surface area (Å²) in [6.45, 7) is 4.13. The van der Waals surface area contributed by atoms with Gasteiger partial charge in [-0.05, 0) is 25.8 Å². The van der Waals surface area contributed by atoms with Crippen LogP contribution in [0.15, 0.2) is 24.3 Å². The summed E-state index contributed by atoms with van der Waals surface area (Å²) in [5.41, 5.74) is 2.32. The third-order valence-electron chi connectivity index (χ3n) is 3.25. The van der Waals surface area contributed by atoms with Gasteiger partial charge in [0.05, 0.1) is 5.92 Å². The summed E-state index contributed by atoms with van der Waals surface area (Å²) in [4.78, 5) is 23.4. The molecular formula is C14H18N2O2. The lowest BCUT2D eigenvalue weighted by atomic mass is 9.98. The Labute approximate surface area is 107 Å². The first-order chi connectivity index (χ1) is 8.56. The van der Waals surface area contributed by atoms with Crippen molar-refractivity contribution in [2.75, 3.05) is 6.54 Å². The van der Waals surface area contributed by atoms with Crippen molar-refractivity contribution in [3.8, 4) is 0 Å². The molecule has 4 heteroatoms. The maximum absolute atomic E-state index is 11.9. The SMILES string of the molecule is Cc1ccc(CC2CNC(=O)[C@H](C)NC2=O)cc1. The van der Waals surface area contributed by atoms with Crippen molar-refractivity contribution >= 4 is 11.8 Å². The van der Waals surface area contributed by atoms with Gasteiger partial charge in [0.1, 0.15) is 6.04 Å². The number of nitrogens with one attached hydrogen (secondary N) is 2. The van der Waals surface area contributed by atoms with Crippen LogP contribution in [0, 0.1) is 12.8 Å². The molecule has 2 N–H and O–H groups in total. The van der Waals surface area contributed by atoms with Crippen molar-refractivity contribution in [3.05, 3.63) is 35.4 Å². The second-order valence-electron chi connectivity index (χ2n) is 4.86. The lowest BCUT2D eigenvalue weighted by molar-refractivity contribution is -0.127. The summed E-state index contributed by atoms with van der Waals surface area (Å²) in [5.74, 6) is -0.363. The first kappa shape index (κ1) is 12.6. The topological polar surface area (TPSA) is 58.2 Å². The van der Waals surface area contributed by atoms with Crippen LogP contribution in [-0.2, 0) is 16.0 Å². The van der Waals surface area contributed by atoms with Gasteiger partial charge in [0.2, 0.25) is 11.8 Å². The van der Waals surface area contributed by atoms with E-state index in [1.165, 1.54) is 5.56 Å². The van der Waals surface area contributed by atoms with Gasteiger partial charge in [0.25, 0.3) is 0 Å². The summed E-state index contributed by atoms with van der Waals surface area (Å²) in [6, 6.07) is 7.67. The second-order valence-corrected chi connectivity index (χ2v) is 4.86. The molecule has 2 amide bonds. The van der Waals surface area contributed by atoms with Crippen LogP contribution in [-0.4, -0.2) is 24.4 Å². The van der Waals surface area contributed by atoms with Crippen molar-refractivity contribution in [2.24, 2.45) is 5.92 Å². The van der Waals surface area contributed by atoms with Crippen molar-refractivity contribution in [3.63, 3.8) is 0 Å². The minimum atomic E-state index is -0.444. The van der Waals surface area contributed by atoms with Gasteiger partial charge in [-0.2, -0.15) is 0 Å². The molecule has 0 aromatic heterocycles. The van der Waals surface area contributed by atoms with Gasteiger partial charge in [-0.15, -0.1) is 0 Å². The minimum absolute atomic E-state index is 0.0542. The molecule has 1 aromatic carbocycles. The van der Waals surface area contributed by atoms with Crippen molar-refractivity contribution in [1.29, 1.82) is 0 Å². The zero-order valence-electron chi connectivity index (χ0n) is 10.7. The third-order valence-corrected chi connectivity index (χ3v) is 3.25. The lowest BCUT2D eigenvalue weighted by Crippen LogP contribution is -2.40. The lowest BCUT2D eigenvalue weighted by Gasteiger charge is -2.13. The van der Waals surface area contributed by atoms with Crippen LogP contribution in [0.25, 0.3) is 0 Å². The predicted molar refractivity (Wildman–Crippen MR) is 69.0 cm³/mol. The maximum Gasteiger partial charge on any atom is 0.242 e. The van der Waals surface area contributed by atoms with Crippen LogP contribution in [0.3, 0.4) is 0 Å². The van der Waals surface area contributed by atoms with E-state index < -0.39 is 6.04 Å². The molecule has 96 valence electrons. The van der Waals surface area contributed by atoms with E-state index in [0.29, 0.717) is 13.0 Å². The molecule has 18 heavy (non-hydrogen) atoms. The fraction of sp³-hybridized carbons (Fsp3) is 0.429. The standard InChI is InChI=1S/C14H18N2O2/c1-9-3-5-11(6-4-9)7-12-8-15-13(17)10(2)16-14(12)18/h3-6,10,12H,7-8H2,1-2H3,(H,15,17)(H,16,18)/t10-,12?/m0/s1. The molecular weight excluding hydrogens is 228 g/mol. The highest BCUT2D eigenvalue weighted by molar-refractivity contribution is 5.90. The Bertz CT molecular complexity index is 453. The molecule has 0 bridgehead atoms. The van der Waals surface area contributed by atoms with Crippen LogP contribution < -0.4 is 10.6 Å². The number of carbonyl (C=O) groups excluding carboxylic acids is 2. The normalized spacial score (nSPS) is 24.1. The van der Waals surface area contributed by atoms with Crippen LogP contribution in [0.1, 0.15) is 18.1 Å². The Hall–Kier alpha value is -1.84. The van der Waals surface area contributed by atoms with Crippen LogP contribution >= 0.6 is 0 Å². The number of aryl methyl sites for hydroxylation is 1. The van der Waals surface area contributed by atoms with Crippen molar-refractivity contribution in [2.45, 2.75) is 26.3 Å². The molecule has 1 aliphatic rings.